The minimum absolute atomic E-state index is 0.0563. The normalized spacial score (nSPS) is 12.7. The molecule has 0 saturated carbocycles. The van der Waals surface area contributed by atoms with Crippen LogP contribution in [0.5, 0.6) is 5.75 Å². The summed E-state index contributed by atoms with van der Waals surface area (Å²) in [7, 11) is 2.98. The van der Waals surface area contributed by atoms with E-state index in [4.69, 9.17) is 9.47 Å². The van der Waals surface area contributed by atoms with Crippen molar-refractivity contribution in [2.45, 2.75) is 19.1 Å². The molecule has 0 radical (unpaired) electrons. The third-order valence-corrected chi connectivity index (χ3v) is 4.30. The number of carbonyl (C=O) groups excluding carboxylic acids is 2. The molecule has 0 fully saturated rings. The van der Waals surface area contributed by atoms with Crippen molar-refractivity contribution in [1.29, 1.82) is 0 Å². The van der Waals surface area contributed by atoms with Gasteiger partial charge in [-0.1, -0.05) is 30.3 Å². The van der Waals surface area contributed by atoms with E-state index in [9.17, 15) is 14.0 Å². The quantitative estimate of drug-likeness (QED) is 0.728. The van der Waals surface area contributed by atoms with Crippen LogP contribution in [0.25, 0.3) is 0 Å². The van der Waals surface area contributed by atoms with Crippen molar-refractivity contribution < 1.29 is 23.5 Å². The Balaban J connectivity index is 1.91. The molecular formula is C20H23FN2O4. The molecule has 0 bridgehead atoms. The zero-order valence-corrected chi connectivity index (χ0v) is 15.5. The van der Waals surface area contributed by atoms with Gasteiger partial charge in [0.15, 0.2) is 0 Å². The van der Waals surface area contributed by atoms with Gasteiger partial charge >= 0.3 is 11.8 Å². The lowest BCUT2D eigenvalue weighted by Crippen LogP contribution is -2.46. The second-order valence-electron chi connectivity index (χ2n) is 6.13. The number of ether oxygens (including phenoxy) is 2. The van der Waals surface area contributed by atoms with Gasteiger partial charge in [-0.15, -0.1) is 0 Å². The first kappa shape index (κ1) is 20.4. The first-order chi connectivity index (χ1) is 12.9. The lowest BCUT2D eigenvalue weighted by Gasteiger charge is -2.29. The molecule has 2 aromatic carbocycles. The van der Waals surface area contributed by atoms with Crippen molar-refractivity contribution in [3.05, 3.63) is 65.5 Å². The SMILES string of the molecule is COc1ccc(CNC(=O)C(=O)NCC(C)(OC)c2ccccc2F)cc1. The third kappa shape index (κ3) is 5.27. The van der Waals surface area contributed by atoms with Crippen LogP contribution in [-0.4, -0.2) is 32.6 Å². The van der Waals surface area contributed by atoms with Gasteiger partial charge in [0.05, 0.1) is 13.7 Å². The summed E-state index contributed by atoms with van der Waals surface area (Å²) in [6, 6.07) is 13.2. The number of hydrogen-bond donors (Lipinski definition) is 2. The predicted octanol–water partition coefficient (Wildman–Crippen LogP) is 2.13. The van der Waals surface area contributed by atoms with Gasteiger partial charge in [-0.05, 0) is 30.7 Å². The smallest absolute Gasteiger partial charge is 0.309 e. The lowest BCUT2D eigenvalue weighted by atomic mass is 9.95. The Morgan fingerprint density at radius 3 is 2.22 bits per heavy atom. The summed E-state index contributed by atoms with van der Waals surface area (Å²) in [4.78, 5) is 24.0. The summed E-state index contributed by atoms with van der Waals surface area (Å²) < 4.78 is 24.5. The van der Waals surface area contributed by atoms with Crippen molar-refractivity contribution in [2.75, 3.05) is 20.8 Å². The van der Waals surface area contributed by atoms with E-state index in [0.717, 1.165) is 5.56 Å². The molecule has 6 nitrogen and oxygen atoms in total. The van der Waals surface area contributed by atoms with E-state index < -0.39 is 23.2 Å². The maximum Gasteiger partial charge on any atom is 0.309 e. The number of hydrogen-bond acceptors (Lipinski definition) is 4. The molecule has 1 unspecified atom stereocenters. The number of rotatable bonds is 7. The molecular weight excluding hydrogens is 351 g/mol. The fourth-order valence-electron chi connectivity index (χ4n) is 2.50. The summed E-state index contributed by atoms with van der Waals surface area (Å²) in [6.45, 7) is 1.78. The van der Waals surface area contributed by atoms with Gasteiger partial charge in [0, 0.05) is 19.2 Å². The van der Waals surface area contributed by atoms with Crippen LogP contribution < -0.4 is 15.4 Å². The molecule has 2 N–H and O–H groups in total. The molecule has 0 aromatic heterocycles. The number of carbonyl (C=O) groups is 2. The van der Waals surface area contributed by atoms with Gasteiger partial charge in [0.2, 0.25) is 0 Å². The Labute approximate surface area is 157 Å². The summed E-state index contributed by atoms with van der Waals surface area (Å²) in [5.74, 6) is -1.34. The second kappa shape index (κ2) is 9.14. The van der Waals surface area contributed by atoms with Crippen molar-refractivity contribution >= 4 is 11.8 Å². The third-order valence-electron chi connectivity index (χ3n) is 4.30. The molecule has 0 aliphatic carbocycles. The summed E-state index contributed by atoms with van der Waals surface area (Å²) in [6.07, 6.45) is 0. The summed E-state index contributed by atoms with van der Waals surface area (Å²) in [5, 5.41) is 5.03. The highest BCUT2D eigenvalue weighted by Gasteiger charge is 2.30. The van der Waals surface area contributed by atoms with E-state index in [-0.39, 0.29) is 13.1 Å². The van der Waals surface area contributed by atoms with E-state index in [0.29, 0.717) is 11.3 Å². The number of nitrogens with one attached hydrogen (secondary N) is 2. The average molecular weight is 374 g/mol. The highest BCUT2D eigenvalue weighted by molar-refractivity contribution is 6.35. The van der Waals surface area contributed by atoms with Crippen molar-refractivity contribution in [3.63, 3.8) is 0 Å². The summed E-state index contributed by atoms with van der Waals surface area (Å²) in [5.41, 5.74) is 0.0218. The number of methoxy groups -OCH3 is 2. The molecule has 0 aliphatic rings. The van der Waals surface area contributed by atoms with Crippen LogP contribution in [0.1, 0.15) is 18.1 Å². The van der Waals surface area contributed by atoms with Crippen LogP contribution in [0.4, 0.5) is 4.39 Å². The monoisotopic (exact) mass is 374 g/mol. The fraction of sp³-hybridized carbons (Fsp3) is 0.300. The van der Waals surface area contributed by atoms with Crippen LogP contribution in [0, 0.1) is 5.82 Å². The maximum atomic E-state index is 14.0. The maximum absolute atomic E-state index is 14.0. The molecule has 144 valence electrons. The van der Waals surface area contributed by atoms with Gasteiger partial charge in [-0.2, -0.15) is 0 Å². The highest BCUT2D eigenvalue weighted by atomic mass is 19.1. The molecule has 1 atom stereocenters. The lowest BCUT2D eigenvalue weighted by molar-refractivity contribution is -0.140. The Morgan fingerprint density at radius 2 is 1.63 bits per heavy atom. The summed E-state index contributed by atoms with van der Waals surface area (Å²) >= 11 is 0. The Morgan fingerprint density at radius 1 is 1.00 bits per heavy atom. The molecule has 0 saturated heterocycles. The first-order valence-corrected chi connectivity index (χ1v) is 8.38. The predicted molar refractivity (Wildman–Crippen MR) is 98.6 cm³/mol. The van der Waals surface area contributed by atoms with Crippen LogP contribution >= 0.6 is 0 Å². The van der Waals surface area contributed by atoms with E-state index >= 15 is 0 Å². The van der Waals surface area contributed by atoms with Gasteiger partial charge in [0.1, 0.15) is 17.2 Å². The molecule has 27 heavy (non-hydrogen) atoms. The highest BCUT2D eigenvalue weighted by Crippen LogP contribution is 2.26. The van der Waals surface area contributed by atoms with Crippen LogP contribution in [0.3, 0.4) is 0 Å². The number of amides is 2. The van der Waals surface area contributed by atoms with Crippen molar-refractivity contribution in [1.82, 2.24) is 10.6 Å². The topological polar surface area (TPSA) is 76.7 Å². The zero-order chi connectivity index (χ0) is 19.9. The molecule has 2 amide bonds. The molecule has 2 rings (SSSR count). The minimum atomic E-state index is -1.10. The molecule has 2 aromatic rings. The Hall–Kier alpha value is -2.93. The molecule has 0 aliphatic heterocycles. The van der Waals surface area contributed by atoms with Gasteiger partial charge < -0.3 is 20.1 Å². The number of halogens is 1. The van der Waals surface area contributed by atoms with Gasteiger partial charge in [-0.3, -0.25) is 9.59 Å². The van der Waals surface area contributed by atoms with Crippen molar-refractivity contribution in [2.24, 2.45) is 0 Å². The van der Waals surface area contributed by atoms with Crippen LogP contribution in [-0.2, 0) is 26.5 Å². The zero-order valence-electron chi connectivity index (χ0n) is 15.5. The van der Waals surface area contributed by atoms with Crippen LogP contribution in [0.2, 0.25) is 0 Å². The average Bonchev–Trinajstić information content (AvgIpc) is 2.70. The van der Waals surface area contributed by atoms with E-state index in [2.05, 4.69) is 10.6 Å². The standard InChI is InChI=1S/C20H23FN2O4/c1-20(27-3,16-6-4-5-7-17(16)21)13-23-19(25)18(24)22-12-14-8-10-15(26-2)11-9-14/h4-11H,12-13H2,1-3H3,(H,22,24)(H,23,25). The van der Waals surface area contributed by atoms with Gasteiger partial charge in [-0.25, -0.2) is 4.39 Å². The number of benzene rings is 2. The van der Waals surface area contributed by atoms with Crippen molar-refractivity contribution in [3.8, 4) is 5.75 Å². The van der Waals surface area contributed by atoms with E-state index in [1.165, 1.54) is 13.2 Å². The molecule has 0 heterocycles. The van der Waals surface area contributed by atoms with Gasteiger partial charge in [0.25, 0.3) is 0 Å². The Kier molecular flexibility index (Phi) is 6.90. The second-order valence-corrected chi connectivity index (χ2v) is 6.13. The minimum Gasteiger partial charge on any atom is -0.497 e. The first-order valence-electron chi connectivity index (χ1n) is 8.38. The van der Waals surface area contributed by atoms with Crippen LogP contribution in [0.15, 0.2) is 48.5 Å². The Bertz CT molecular complexity index is 795. The molecule has 7 heteroatoms. The largest absolute Gasteiger partial charge is 0.497 e. The van der Waals surface area contributed by atoms with E-state index in [1.807, 2.05) is 0 Å². The fourth-order valence-corrected chi connectivity index (χ4v) is 2.50. The molecule has 0 spiro atoms. The van der Waals surface area contributed by atoms with E-state index in [1.54, 1.807) is 56.5 Å².